The minimum atomic E-state index is -0.830. The minimum absolute atomic E-state index is 0.0459. The highest BCUT2D eigenvalue weighted by Gasteiger charge is 2.78. The predicted octanol–water partition coefficient (Wildman–Crippen LogP) is 4.78. The number of benzene rings is 1. The Morgan fingerprint density at radius 2 is 1.82 bits per heavy atom. The number of likely N-dealkylation sites (tertiary alicyclic amines) is 1. The van der Waals surface area contributed by atoms with Gasteiger partial charge < -0.3 is 19.8 Å². The summed E-state index contributed by atoms with van der Waals surface area (Å²) in [6, 6.07) is 5.66. The number of anilines is 1. The number of aliphatic hydroxyl groups excluding tert-OH is 1. The molecular formula is C31H42ClN3O4S. The molecule has 1 aromatic rings. The first-order valence-electron chi connectivity index (χ1n) is 14.2. The molecule has 3 aliphatic rings. The summed E-state index contributed by atoms with van der Waals surface area (Å²) in [4.78, 5) is 48.5. The zero-order valence-corrected chi connectivity index (χ0v) is 25.6. The Balaban J connectivity index is 1.86. The summed E-state index contributed by atoms with van der Waals surface area (Å²) in [5.74, 6) is -1.77. The Labute approximate surface area is 247 Å². The van der Waals surface area contributed by atoms with Crippen LogP contribution in [-0.2, 0) is 14.4 Å². The van der Waals surface area contributed by atoms with Gasteiger partial charge in [-0.1, -0.05) is 44.5 Å². The molecule has 2 unspecified atom stereocenters. The Morgan fingerprint density at radius 3 is 2.38 bits per heavy atom. The van der Waals surface area contributed by atoms with Gasteiger partial charge in [-0.25, -0.2) is 0 Å². The van der Waals surface area contributed by atoms with Crippen molar-refractivity contribution in [2.75, 3.05) is 31.1 Å². The number of hydrogen-bond donors (Lipinski definition) is 1. The average molecular weight is 588 g/mol. The molecule has 6 atom stereocenters. The van der Waals surface area contributed by atoms with Gasteiger partial charge in [0.2, 0.25) is 11.8 Å². The quantitative estimate of drug-likeness (QED) is 0.356. The van der Waals surface area contributed by atoms with Gasteiger partial charge in [0.1, 0.15) is 6.04 Å². The Bertz CT molecular complexity index is 1160. The minimum Gasteiger partial charge on any atom is -0.394 e. The number of aliphatic hydroxyl groups is 1. The molecule has 218 valence electrons. The van der Waals surface area contributed by atoms with Gasteiger partial charge in [0.25, 0.3) is 5.91 Å². The fourth-order valence-electron chi connectivity index (χ4n) is 7.13. The van der Waals surface area contributed by atoms with Gasteiger partial charge in [-0.3, -0.25) is 14.4 Å². The maximum atomic E-state index is 14.7. The van der Waals surface area contributed by atoms with Crippen LogP contribution >= 0.6 is 23.4 Å². The summed E-state index contributed by atoms with van der Waals surface area (Å²) in [5.41, 5.74) is 0.656. The molecule has 3 fully saturated rings. The summed E-state index contributed by atoms with van der Waals surface area (Å²) in [6.45, 7) is 16.7. The smallest absolute Gasteiger partial charge is 0.251 e. The average Bonchev–Trinajstić information content (AvgIpc) is 3.48. The molecule has 7 nitrogen and oxygen atoms in total. The molecule has 1 spiro atoms. The number of rotatable bonds is 12. The summed E-state index contributed by atoms with van der Waals surface area (Å²) in [5, 5.41) is 11.1. The standard InChI is InChI=1S/C31H42ClN3O4S/c1-7-16-33(17-8-2)27(37)24-25-28(38)35(23(19-36)20(4)5)26(31(25)15-14-30(24,6)40-31)29(39)34(18-9-3)22-12-10-21(32)11-13-22/h7,9-13,20,23-26,36H,1,3,8,14-19H2,2,4-6H3/t23-,24-,25-,26?,30+,31?/m0/s1. The van der Waals surface area contributed by atoms with Crippen LogP contribution in [0.5, 0.6) is 0 Å². The summed E-state index contributed by atoms with van der Waals surface area (Å²) in [7, 11) is 0. The molecule has 0 radical (unpaired) electrons. The maximum Gasteiger partial charge on any atom is 0.251 e. The van der Waals surface area contributed by atoms with E-state index in [1.807, 2.05) is 20.8 Å². The van der Waals surface area contributed by atoms with Crippen LogP contribution in [0.25, 0.3) is 0 Å². The van der Waals surface area contributed by atoms with Crippen LogP contribution in [0.4, 0.5) is 5.69 Å². The van der Waals surface area contributed by atoms with Crippen molar-refractivity contribution in [1.29, 1.82) is 0 Å². The molecule has 40 heavy (non-hydrogen) atoms. The first kappa shape index (κ1) is 30.7. The van der Waals surface area contributed by atoms with E-state index in [2.05, 4.69) is 20.1 Å². The van der Waals surface area contributed by atoms with Crippen LogP contribution in [0.2, 0.25) is 5.02 Å². The second kappa shape index (κ2) is 11.9. The van der Waals surface area contributed by atoms with Crippen molar-refractivity contribution in [3.63, 3.8) is 0 Å². The van der Waals surface area contributed by atoms with E-state index in [0.29, 0.717) is 30.2 Å². The number of amides is 3. The van der Waals surface area contributed by atoms with Crippen molar-refractivity contribution in [2.45, 2.75) is 68.5 Å². The van der Waals surface area contributed by atoms with Crippen LogP contribution in [0.3, 0.4) is 0 Å². The molecule has 1 aromatic carbocycles. The van der Waals surface area contributed by atoms with Gasteiger partial charge in [-0.15, -0.1) is 24.9 Å². The molecule has 0 aliphatic carbocycles. The largest absolute Gasteiger partial charge is 0.394 e. The fourth-order valence-corrected chi connectivity index (χ4v) is 9.59. The van der Waals surface area contributed by atoms with Crippen LogP contribution in [-0.4, -0.2) is 80.4 Å². The van der Waals surface area contributed by atoms with Gasteiger partial charge in [-0.05, 0) is 56.4 Å². The van der Waals surface area contributed by atoms with E-state index in [9.17, 15) is 19.5 Å². The molecule has 3 aliphatic heterocycles. The number of halogens is 1. The van der Waals surface area contributed by atoms with E-state index in [0.717, 1.165) is 12.8 Å². The number of hydrogen-bond acceptors (Lipinski definition) is 5. The summed E-state index contributed by atoms with van der Waals surface area (Å²) in [6.07, 6.45) is 5.57. The second-order valence-electron chi connectivity index (χ2n) is 11.8. The lowest BCUT2D eigenvalue weighted by molar-refractivity contribution is -0.147. The molecule has 1 N–H and O–H groups in total. The van der Waals surface area contributed by atoms with Crippen molar-refractivity contribution >= 4 is 46.8 Å². The lowest BCUT2D eigenvalue weighted by Crippen LogP contribution is -2.58. The Kier molecular flexibility index (Phi) is 9.13. The van der Waals surface area contributed by atoms with Gasteiger partial charge in [0, 0.05) is 35.1 Å². The number of fused-ring (bicyclic) bond motifs is 1. The molecule has 3 heterocycles. The summed E-state index contributed by atoms with van der Waals surface area (Å²) < 4.78 is -1.24. The van der Waals surface area contributed by atoms with E-state index >= 15 is 0 Å². The van der Waals surface area contributed by atoms with Crippen molar-refractivity contribution in [3.05, 3.63) is 54.6 Å². The Morgan fingerprint density at radius 1 is 1.18 bits per heavy atom. The monoisotopic (exact) mass is 587 g/mol. The molecule has 3 saturated heterocycles. The van der Waals surface area contributed by atoms with E-state index in [4.69, 9.17) is 11.6 Å². The third kappa shape index (κ3) is 4.90. The lowest BCUT2D eigenvalue weighted by atomic mass is 9.66. The highest BCUT2D eigenvalue weighted by atomic mass is 35.5. The van der Waals surface area contributed by atoms with Gasteiger partial charge in [0.15, 0.2) is 0 Å². The van der Waals surface area contributed by atoms with E-state index < -0.39 is 33.4 Å². The highest BCUT2D eigenvalue weighted by molar-refractivity contribution is 8.02. The SMILES string of the molecule is C=CCN(CCC)C(=O)[C@@H]1[C@H]2C(=O)N([C@@H](CO)C(C)C)C(C(=O)N(CC=C)c3ccc(Cl)cc3)C23CC[C@@]1(C)S3. The van der Waals surface area contributed by atoms with Crippen LogP contribution in [0, 0.1) is 17.8 Å². The zero-order valence-electron chi connectivity index (χ0n) is 24.0. The third-order valence-electron chi connectivity index (χ3n) is 8.90. The number of thioether (sulfide) groups is 1. The molecule has 3 amide bonds. The normalized spacial score (nSPS) is 29.4. The van der Waals surface area contributed by atoms with Crippen LogP contribution < -0.4 is 4.90 Å². The first-order valence-corrected chi connectivity index (χ1v) is 15.4. The number of carbonyl (C=O) groups is 3. The van der Waals surface area contributed by atoms with Crippen molar-refractivity contribution in [1.82, 2.24) is 9.80 Å². The van der Waals surface area contributed by atoms with Crippen LogP contribution in [0.15, 0.2) is 49.6 Å². The van der Waals surface area contributed by atoms with E-state index in [1.165, 1.54) is 0 Å². The predicted molar refractivity (Wildman–Crippen MR) is 162 cm³/mol. The Hall–Kier alpha value is -2.29. The molecule has 0 aromatic heterocycles. The lowest BCUT2D eigenvalue weighted by Gasteiger charge is -2.40. The van der Waals surface area contributed by atoms with Crippen LogP contribution in [0.1, 0.15) is 47.0 Å². The molecule has 2 bridgehead atoms. The van der Waals surface area contributed by atoms with Gasteiger partial charge in [-0.2, -0.15) is 0 Å². The molecule has 0 saturated carbocycles. The third-order valence-corrected chi connectivity index (χ3v) is 11.1. The van der Waals surface area contributed by atoms with Crippen molar-refractivity contribution < 1.29 is 19.5 Å². The van der Waals surface area contributed by atoms with Crippen molar-refractivity contribution in [3.8, 4) is 0 Å². The zero-order chi connectivity index (χ0) is 29.4. The second-order valence-corrected chi connectivity index (χ2v) is 14.1. The van der Waals surface area contributed by atoms with Gasteiger partial charge in [0.05, 0.1) is 29.2 Å². The number of nitrogens with zero attached hydrogens (tertiary/aromatic N) is 3. The fraction of sp³-hybridized carbons (Fsp3) is 0.581. The highest BCUT2D eigenvalue weighted by Crippen LogP contribution is 2.72. The molecule has 4 rings (SSSR count). The summed E-state index contributed by atoms with van der Waals surface area (Å²) >= 11 is 7.79. The number of carbonyl (C=O) groups excluding carboxylic acids is 3. The first-order chi connectivity index (χ1) is 19.0. The van der Waals surface area contributed by atoms with E-state index in [1.54, 1.807) is 62.9 Å². The van der Waals surface area contributed by atoms with Crippen molar-refractivity contribution in [2.24, 2.45) is 17.8 Å². The van der Waals surface area contributed by atoms with E-state index in [-0.39, 0.29) is 36.8 Å². The van der Waals surface area contributed by atoms with Gasteiger partial charge >= 0.3 is 0 Å². The topological polar surface area (TPSA) is 81.2 Å². The molecule has 9 heteroatoms. The molecular weight excluding hydrogens is 546 g/mol. The maximum absolute atomic E-state index is 14.7.